The topological polar surface area (TPSA) is 83.4 Å². The van der Waals surface area contributed by atoms with Gasteiger partial charge in [0, 0.05) is 5.69 Å². The molecule has 0 aliphatic carbocycles. The average molecular weight is 277 g/mol. The number of hydrogen-bond donors (Lipinski definition) is 1. The van der Waals surface area contributed by atoms with Crippen molar-refractivity contribution in [3.63, 3.8) is 0 Å². The molecule has 2 aromatic rings. The first-order valence-electron chi connectivity index (χ1n) is 5.46. The van der Waals surface area contributed by atoms with Crippen molar-refractivity contribution < 1.29 is 14.7 Å². The Morgan fingerprint density at radius 3 is 2.53 bits per heavy atom. The summed E-state index contributed by atoms with van der Waals surface area (Å²) in [5.41, 5.74) is 1.69. The third-order valence-corrected chi connectivity index (χ3v) is 2.94. The molecule has 0 atom stereocenters. The van der Waals surface area contributed by atoms with Crippen molar-refractivity contribution in [3.05, 3.63) is 41.7 Å². The van der Waals surface area contributed by atoms with Gasteiger partial charge in [-0.05, 0) is 19.1 Å². The zero-order valence-electron chi connectivity index (χ0n) is 10.1. The van der Waals surface area contributed by atoms with Crippen LogP contribution >= 0.6 is 11.7 Å². The summed E-state index contributed by atoms with van der Waals surface area (Å²) in [6.07, 6.45) is 1.33. The summed E-state index contributed by atoms with van der Waals surface area (Å²) >= 11 is 0.907. The molecule has 1 amide bonds. The van der Waals surface area contributed by atoms with Crippen LogP contribution in [0.1, 0.15) is 16.1 Å². The van der Waals surface area contributed by atoms with Crippen LogP contribution in [-0.4, -0.2) is 32.3 Å². The van der Waals surface area contributed by atoms with Gasteiger partial charge >= 0.3 is 5.97 Å². The van der Waals surface area contributed by atoms with Crippen LogP contribution in [0.15, 0.2) is 30.5 Å². The summed E-state index contributed by atoms with van der Waals surface area (Å²) in [5.74, 6) is -1.56. The minimum atomic E-state index is -1.09. The molecule has 1 aromatic carbocycles. The molecule has 1 N–H and O–H groups in total. The van der Waals surface area contributed by atoms with E-state index < -0.39 is 18.4 Å². The number of aromatic nitrogens is 2. The second-order valence-corrected chi connectivity index (χ2v) is 4.47. The van der Waals surface area contributed by atoms with E-state index in [-0.39, 0.29) is 5.69 Å². The minimum Gasteiger partial charge on any atom is -0.480 e. The SMILES string of the molecule is Cc1ccc(N(CC(=O)O)C(=O)c2cnsn2)cc1. The molecule has 0 unspecified atom stereocenters. The first-order valence-corrected chi connectivity index (χ1v) is 6.19. The number of nitrogens with zero attached hydrogens (tertiary/aromatic N) is 3. The number of carboxylic acid groups (broad SMARTS) is 1. The second kappa shape index (κ2) is 5.57. The molecule has 6 nitrogen and oxygen atoms in total. The fraction of sp³-hybridized carbons (Fsp3) is 0.167. The Balaban J connectivity index is 2.33. The Bertz CT molecular complexity index is 581. The molecule has 0 saturated heterocycles. The molecule has 0 radical (unpaired) electrons. The highest BCUT2D eigenvalue weighted by molar-refractivity contribution is 6.99. The van der Waals surface area contributed by atoms with E-state index in [1.807, 2.05) is 19.1 Å². The highest BCUT2D eigenvalue weighted by atomic mass is 32.1. The van der Waals surface area contributed by atoms with E-state index in [2.05, 4.69) is 8.75 Å². The standard InChI is InChI=1S/C12H11N3O3S/c1-8-2-4-9(5-3-8)15(7-11(16)17)12(18)10-6-13-19-14-10/h2-6H,7H2,1H3,(H,16,17). The normalized spacial score (nSPS) is 10.2. The maximum absolute atomic E-state index is 12.2. The second-order valence-electron chi connectivity index (χ2n) is 3.91. The predicted octanol–water partition coefficient (Wildman–Crippen LogP) is 1.58. The summed E-state index contributed by atoms with van der Waals surface area (Å²) in [6, 6.07) is 7.04. The van der Waals surface area contributed by atoms with Crippen LogP contribution in [0.25, 0.3) is 0 Å². The number of carboxylic acids is 1. The molecular formula is C12H11N3O3S. The maximum atomic E-state index is 12.2. The molecule has 0 aliphatic rings. The van der Waals surface area contributed by atoms with Crippen LogP contribution in [0.3, 0.4) is 0 Å². The number of benzene rings is 1. The van der Waals surface area contributed by atoms with Gasteiger partial charge < -0.3 is 5.11 Å². The molecular weight excluding hydrogens is 266 g/mol. The lowest BCUT2D eigenvalue weighted by molar-refractivity contribution is -0.135. The number of carbonyl (C=O) groups excluding carboxylic acids is 1. The van der Waals surface area contributed by atoms with Crippen molar-refractivity contribution in [1.29, 1.82) is 0 Å². The lowest BCUT2D eigenvalue weighted by Crippen LogP contribution is -2.35. The average Bonchev–Trinajstić information content (AvgIpc) is 2.90. The minimum absolute atomic E-state index is 0.145. The van der Waals surface area contributed by atoms with Gasteiger partial charge in [-0.25, -0.2) is 0 Å². The van der Waals surface area contributed by atoms with Gasteiger partial charge in [-0.1, -0.05) is 17.7 Å². The van der Waals surface area contributed by atoms with E-state index in [0.29, 0.717) is 5.69 Å². The van der Waals surface area contributed by atoms with Crippen LogP contribution < -0.4 is 4.90 Å². The van der Waals surface area contributed by atoms with Crippen molar-refractivity contribution in [2.75, 3.05) is 11.4 Å². The van der Waals surface area contributed by atoms with Gasteiger partial charge in [0.15, 0.2) is 5.69 Å². The summed E-state index contributed by atoms with van der Waals surface area (Å²) in [5, 5.41) is 8.92. The quantitative estimate of drug-likeness (QED) is 0.917. The van der Waals surface area contributed by atoms with E-state index in [0.717, 1.165) is 17.3 Å². The molecule has 19 heavy (non-hydrogen) atoms. The van der Waals surface area contributed by atoms with Gasteiger partial charge in [-0.2, -0.15) is 8.75 Å². The molecule has 0 bridgehead atoms. The fourth-order valence-corrected chi connectivity index (χ4v) is 1.94. The molecule has 1 aromatic heterocycles. The van der Waals surface area contributed by atoms with Crippen molar-refractivity contribution in [2.45, 2.75) is 6.92 Å². The van der Waals surface area contributed by atoms with E-state index in [1.54, 1.807) is 12.1 Å². The maximum Gasteiger partial charge on any atom is 0.323 e. The number of rotatable bonds is 4. The Kier molecular flexibility index (Phi) is 3.86. The van der Waals surface area contributed by atoms with Crippen LogP contribution in [0, 0.1) is 6.92 Å². The monoisotopic (exact) mass is 277 g/mol. The molecule has 0 spiro atoms. The largest absolute Gasteiger partial charge is 0.480 e. The van der Waals surface area contributed by atoms with E-state index >= 15 is 0 Å². The summed E-state index contributed by atoms with van der Waals surface area (Å²) in [4.78, 5) is 24.3. The lowest BCUT2D eigenvalue weighted by Gasteiger charge is -2.19. The Morgan fingerprint density at radius 1 is 1.32 bits per heavy atom. The fourth-order valence-electron chi connectivity index (χ4n) is 1.54. The van der Waals surface area contributed by atoms with Gasteiger partial charge in [0.05, 0.1) is 17.9 Å². The summed E-state index contributed by atoms with van der Waals surface area (Å²) < 4.78 is 7.58. The van der Waals surface area contributed by atoms with Crippen LogP contribution in [-0.2, 0) is 4.79 Å². The van der Waals surface area contributed by atoms with Crippen LogP contribution in [0.4, 0.5) is 5.69 Å². The Hall–Kier alpha value is -2.28. The molecule has 0 saturated carbocycles. The zero-order chi connectivity index (χ0) is 13.8. The van der Waals surface area contributed by atoms with E-state index in [1.165, 1.54) is 11.1 Å². The van der Waals surface area contributed by atoms with Gasteiger partial charge in [-0.3, -0.25) is 14.5 Å². The number of hydrogen-bond acceptors (Lipinski definition) is 5. The Labute approximate surface area is 113 Å². The molecule has 1 heterocycles. The van der Waals surface area contributed by atoms with Crippen molar-refractivity contribution >= 4 is 29.3 Å². The van der Waals surface area contributed by atoms with Crippen molar-refractivity contribution in [1.82, 2.24) is 8.75 Å². The number of aryl methyl sites for hydroxylation is 1. The third-order valence-electron chi connectivity index (χ3n) is 2.46. The molecule has 2 rings (SSSR count). The zero-order valence-corrected chi connectivity index (χ0v) is 10.9. The predicted molar refractivity (Wildman–Crippen MR) is 70.4 cm³/mol. The summed E-state index contributed by atoms with van der Waals surface area (Å²) in [6.45, 7) is 1.50. The van der Waals surface area contributed by atoms with Crippen molar-refractivity contribution in [3.8, 4) is 0 Å². The first kappa shape index (κ1) is 13.2. The first-order chi connectivity index (χ1) is 9.08. The number of aliphatic carboxylic acids is 1. The number of anilines is 1. The van der Waals surface area contributed by atoms with Crippen LogP contribution in [0.2, 0.25) is 0 Å². The van der Waals surface area contributed by atoms with Crippen molar-refractivity contribution in [2.24, 2.45) is 0 Å². The molecule has 98 valence electrons. The molecule has 0 fully saturated rings. The number of carbonyl (C=O) groups is 2. The number of amides is 1. The lowest BCUT2D eigenvalue weighted by atomic mass is 10.2. The third kappa shape index (κ3) is 3.14. The van der Waals surface area contributed by atoms with Gasteiger partial charge in [0.1, 0.15) is 6.54 Å². The van der Waals surface area contributed by atoms with Gasteiger partial charge in [0.25, 0.3) is 5.91 Å². The van der Waals surface area contributed by atoms with Gasteiger partial charge in [0.2, 0.25) is 0 Å². The van der Waals surface area contributed by atoms with E-state index in [4.69, 9.17) is 5.11 Å². The highest BCUT2D eigenvalue weighted by Gasteiger charge is 2.22. The molecule has 7 heteroatoms. The smallest absolute Gasteiger partial charge is 0.323 e. The Morgan fingerprint density at radius 2 is 2.00 bits per heavy atom. The summed E-state index contributed by atoms with van der Waals surface area (Å²) in [7, 11) is 0. The van der Waals surface area contributed by atoms with Gasteiger partial charge in [-0.15, -0.1) is 0 Å². The highest BCUT2D eigenvalue weighted by Crippen LogP contribution is 2.17. The van der Waals surface area contributed by atoms with Crippen LogP contribution in [0.5, 0.6) is 0 Å². The molecule has 0 aliphatic heterocycles. The van der Waals surface area contributed by atoms with E-state index in [9.17, 15) is 9.59 Å².